The molecule has 1 amide bonds. The molecule has 1 aromatic carbocycles. The van der Waals surface area contributed by atoms with Crippen LogP contribution in [0, 0.1) is 34.4 Å². The zero-order valence-electron chi connectivity index (χ0n) is 25.0. The molecule has 2 heterocycles. The summed E-state index contributed by atoms with van der Waals surface area (Å²) < 4.78 is 32.1. The summed E-state index contributed by atoms with van der Waals surface area (Å²) in [6.07, 6.45) is 1.99. The lowest BCUT2D eigenvalue weighted by molar-refractivity contribution is -0.226. The Kier molecular flexibility index (Phi) is 7.43. The maximum Gasteiger partial charge on any atom is 0.494 e. The molecule has 1 aromatic rings. The predicted octanol–water partition coefficient (Wildman–Crippen LogP) is 2.31. The molecule has 0 aromatic heterocycles. The molecule has 230 valence electrons. The Morgan fingerprint density at radius 2 is 1.95 bits per heavy atom. The number of carbonyl (C=O) groups excluding carboxylic acids is 2. The third-order valence-electron chi connectivity index (χ3n) is 12.3. The number of hydrogen-bond donors (Lipinski definition) is 3. The molecule has 9 nitrogen and oxygen atoms in total. The molecule has 4 fully saturated rings. The van der Waals surface area contributed by atoms with E-state index in [4.69, 9.17) is 14.1 Å². The van der Waals surface area contributed by atoms with Crippen LogP contribution in [-0.2, 0) is 25.6 Å². The summed E-state index contributed by atoms with van der Waals surface area (Å²) >= 11 is 0. The number of rotatable bonds is 5. The van der Waals surface area contributed by atoms with Gasteiger partial charge in [-0.25, -0.2) is 9.18 Å². The van der Waals surface area contributed by atoms with Crippen molar-refractivity contribution in [1.82, 2.24) is 4.90 Å². The molecule has 2 bridgehead atoms. The average molecular weight is 587 g/mol. The summed E-state index contributed by atoms with van der Waals surface area (Å²) in [7, 11) is -1.39. The van der Waals surface area contributed by atoms with Crippen LogP contribution in [0.1, 0.15) is 78.2 Å². The lowest BCUT2D eigenvalue weighted by Gasteiger charge is -2.64. The van der Waals surface area contributed by atoms with E-state index < -0.39 is 54.8 Å². The molecule has 3 aliphatic carbocycles. The number of aliphatic hydroxyl groups excluding tert-OH is 2. The number of aliphatic hydroxyl groups is 2. The van der Waals surface area contributed by atoms with Gasteiger partial charge in [-0.1, -0.05) is 26.8 Å². The molecule has 9 atom stereocenters. The normalized spacial score (nSPS) is 41.0. The third-order valence-corrected chi connectivity index (χ3v) is 12.3. The minimum absolute atomic E-state index is 0.00611. The SMILES string of the molecule is CCN1C(=O)CC[C@@]12C[C@@H](OC(=O)COc1ccc3c(c1F)B(O)OC3)[C@]1(C)[C@H](C)CC[C@]3(CCC(O)[C@H]31)[C@@H](C)[C@@H]2O. The van der Waals surface area contributed by atoms with Crippen LogP contribution >= 0.6 is 0 Å². The summed E-state index contributed by atoms with van der Waals surface area (Å²) in [6.45, 7) is 8.21. The van der Waals surface area contributed by atoms with Gasteiger partial charge < -0.3 is 34.3 Å². The van der Waals surface area contributed by atoms with E-state index in [9.17, 15) is 24.8 Å². The van der Waals surface area contributed by atoms with Crippen LogP contribution in [0.15, 0.2) is 12.1 Å². The monoisotopic (exact) mass is 587 g/mol. The number of esters is 1. The van der Waals surface area contributed by atoms with Crippen molar-refractivity contribution in [3.63, 3.8) is 0 Å². The van der Waals surface area contributed by atoms with Gasteiger partial charge >= 0.3 is 13.1 Å². The van der Waals surface area contributed by atoms with Crippen LogP contribution < -0.4 is 10.2 Å². The van der Waals surface area contributed by atoms with E-state index in [1.165, 1.54) is 6.07 Å². The summed E-state index contributed by atoms with van der Waals surface area (Å²) in [6, 6.07) is 3.00. The molecular formula is C31H43BFNO8. The van der Waals surface area contributed by atoms with Gasteiger partial charge in [0.1, 0.15) is 6.10 Å². The van der Waals surface area contributed by atoms with E-state index in [1.54, 1.807) is 11.0 Å². The second-order valence-electron chi connectivity index (χ2n) is 13.7. The number of ether oxygens (including phenoxy) is 2. The van der Waals surface area contributed by atoms with Gasteiger partial charge in [-0.05, 0) is 73.8 Å². The van der Waals surface area contributed by atoms with Crippen molar-refractivity contribution in [2.45, 2.75) is 103 Å². The first-order valence-electron chi connectivity index (χ1n) is 15.5. The largest absolute Gasteiger partial charge is 0.494 e. The highest BCUT2D eigenvalue weighted by Crippen LogP contribution is 2.69. The fraction of sp³-hybridized carbons (Fsp3) is 0.742. The Morgan fingerprint density at radius 3 is 2.69 bits per heavy atom. The van der Waals surface area contributed by atoms with Crippen molar-refractivity contribution in [3.05, 3.63) is 23.5 Å². The molecule has 42 heavy (non-hydrogen) atoms. The quantitative estimate of drug-likeness (QED) is 0.354. The molecule has 1 unspecified atom stereocenters. The van der Waals surface area contributed by atoms with Crippen molar-refractivity contribution in [3.8, 4) is 5.75 Å². The summed E-state index contributed by atoms with van der Waals surface area (Å²) in [4.78, 5) is 28.4. The maximum atomic E-state index is 15.1. The minimum Gasteiger partial charge on any atom is -0.479 e. The highest BCUT2D eigenvalue weighted by Gasteiger charge is 2.70. The molecule has 1 saturated heterocycles. The van der Waals surface area contributed by atoms with E-state index in [-0.39, 0.29) is 53.3 Å². The van der Waals surface area contributed by atoms with Crippen LogP contribution in [-0.4, -0.2) is 76.1 Å². The Hall–Kier alpha value is -2.21. The molecule has 3 saturated carbocycles. The smallest absolute Gasteiger partial charge is 0.479 e. The van der Waals surface area contributed by atoms with Crippen molar-refractivity contribution in [2.75, 3.05) is 13.2 Å². The zero-order chi connectivity index (χ0) is 30.2. The summed E-state index contributed by atoms with van der Waals surface area (Å²) in [5, 5.41) is 33.6. The number of hydrogen-bond acceptors (Lipinski definition) is 8. The van der Waals surface area contributed by atoms with E-state index >= 15 is 4.39 Å². The number of amides is 1. The predicted molar refractivity (Wildman–Crippen MR) is 151 cm³/mol. The van der Waals surface area contributed by atoms with Gasteiger partial charge in [-0.3, -0.25) is 4.79 Å². The van der Waals surface area contributed by atoms with Gasteiger partial charge in [0.2, 0.25) is 5.91 Å². The number of carbonyl (C=O) groups is 2. The van der Waals surface area contributed by atoms with Gasteiger partial charge in [0.25, 0.3) is 0 Å². The molecule has 3 N–H and O–H groups in total. The molecule has 6 rings (SSSR count). The van der Waals surface area contributed by atoms with Crippen molar-refractivity contribution >= 4 is 24.5 Å². The fourth-order valence-corrected chi connectivity index (χ4v) is 9.96. The van der Waals surface area contributed by atoms with Gasteiger partial charge in [0, 0.05) is 30.3 Å². The van der Waals surface area contributed by atoms with Crippen LogP contribution in [0.25, 0.3) is 0 Å². The van der Waals surface area contributed by atoms with Crippen LogP contribution in [0.2, 0.25) is 0 Å². The maximum absolute atomic E-state index is 15.1. The van der Waals surface area contributed by atoms with Gasteiger partial charge in [0.05, 0.1) is 24.4 Å². The Balaban J connectivity index is 1.35. The van der Waals surface area contributed by atoms with Crippen LogP contribution in [0.3, 0.4) is 0 Å². The average Bonchev–Trinajstić information content (AvgIpc) is 3.62. The van der Waals surface area contributed by atoms with Crippen molar-refractivity contribution < 1.29 is 43.3 Å². The van der Waals surface area contributed by atoms with Crippen molar-refractivity contribution in [2.24, 2.45) is 28.6 Å². The van der Waals surface area contributed by atoms with Crippen LogP contribution in [0.4, 0.5) is 4.39 Å². The molecule has 11 heteroatoms. The topological polar surface area (TPSA) is 126 Å². The van der Waals surface area contributed by atoms with E-state index in [0.29, 0.717) is 31.4 Å². The number of benzene rings is 1. The Bertz CT molecular complexity index is 1270. The fourth-order valence-electron chi connectivity index (χ4n) is 9.96. The first kappa shape index (κ1) is 29.8. The number of likely N-dealkylation sites (tertiary alicyclic amines) is 1. The molecule has 2 aliphatic heterocycles. The molecule has 5 aliphatic rings. The third kappa shape index (κ3) is 4.09. The second-order valence-corrected chi connectivity index (χ2v) is 13.7. The highest BCUT2D eigenvalue weighted by atomic mass is 19.1. The number of likely N-dealkylation sites (N-methyl/N-ethyl adjacent to an activating group) is 1. The summed E-state index contributed by atoms with van der Waals surface area (Å²) in [5.74, 6) is -1.92. The molecule has 1 spiro atoms. The van der Waals surface area contributed by atoms with E-state index in [0.717, 1.165) is 19.3 Å². The molecule has 0 radical (unpaired) electrons. The van der Waals surface area contributed by atoms with E-state index in [2.05, 4.69) is 20.8 Å². The van der Waals surface area contributed by atoms with Gasteiger partial charge in [-0.2, -0.15) is 0 Å². The Labute approximate surface area is 246 Å². The first-order chi connectivity index (χ1) is 19.9. The van der Waals surface area contributed by atoms with Gasteiger partial charge in [-0.15, -0.1) is 0 Å². The first-order valence-corrected chi connectivity index (χ1v) is 15.5. The number of fused-ring (bicyclic) bond motifs is 1. The Morgan fingerprint density at radius 1 is 1.21 bits per heavy atom. The number of nitrogens with zero attached hydrogens (tertiary/aromatic N) is 1. The lowest BCUT2D eigenvalue weighted by Crippen LogP contribution is -2.68. The van der Waals surface area contributed by atoms with Crippen molar-refractivity contribution in [1.29, 1.82) is 0 Å². The lowest BCUT2D eigenvalue weighted by atomic mass is 9.44. The minimum atomic E-state index is -1.39. The number of halogens is 1. The summed E-state index contributed by atoms with van der Waals surface area (Å²) in [5.41, 5.74) is -1.35. The zero-order valence-corrected chi connectivity index (χ0v) is 25.0. The van der Waals surface area contributed by atoms with E-state index in [1.807, 2.05) is 6.92 Å². The van der Waals surface area contributed by atoms with Crippen LogP contribution in [0.5, 0.6) is 5.75 Å². The van der Waals surface area contributed by atoms with Gasteiger partial charge in [0.15, 0.2) is 18.2 Å². The highest BCUT2D eigenvalue weighted by molar-refractivity contribution is 6.61. The second kappa shape index (κ2) is 10.5. The standard InChI is InChI=1S/C31H43BFNO8/c1-5-34-23(36)10-13-31(34)14-22(42-24(37)16-40-21-7-6-19-15-41-32(39)25(19)26(21)33)29(4)17(2)8-11-30(18(3)28(31)38)12-9-20(35)27(29)30/h6-7,17-18,20,22,27-28,35,38-39H,5,8-16H2,1-4H3/t17-,18+,20?,22-,27+,28+,29+,30+,31+/m1/s1. The molecular weight excluding hydrogens is 544 g/mol.